The highest BCUT2D eigenvalue weighted by Gasteiger charge is 1.82. The predicted molar refractivity (Wildman–Crippen MR) is 67.4 cm³/mol. The number of hydrogen-bond acceptors (Lipinski definition) is 1. The van der Waals surface area contributed by atoms with Crippen LogP contribution >= 0.6 is 0 Å². The van der Waals surface area contributed by atoms with Crippen LogP contribution in [0, 0.1) is 0 Å². The van der Waals surface area contributed by atoms with Crippen LogP contribution in [0.3, 0.4) is 0 Å². The molecule has 0 bridgehead atoms. The summed E-state index contributed by atoms with van der Waals surface area (Å²) in [5.41, 5.74) is 1.25. The van der Waals surface area contributed by atoms with Crippen molar-refractivity contribution in [3.8, 4) is 0 Å². The first-order valence-corrected chi connectivity index (χ1v) is 5.22. The molecule has 0 unspecified atom stereocenters. The van der Waals surface area contributed by atoms with Crippen LogP contribution in [-0.4, -0.2) is 7.11 Å². The standard InChI is InChI=1S/C9H14O.2C2H6/c1-5-9(10-4)7-6-8(2)3;2*1-2/h5-7H,1H2,2-4H3;2*1-2H3/b9-7+;;. The summed E-state index contributed by atoms with van der Waals surface area (Å²) >= 11 is 0. The van der Waals surface area contributed by atoms with Gasteiger partial charge in [0.1, 0.15) is 5.76 Å². The summed E-state index contributed by atoms with van der Waals surface area (Å²) in [7, 11) is 1.63. The molecule has 84 valence electrons. The second-order valence-corrected chi connectivity index (χ2v) is 2.22. The summed E-state index contributed by atoms with van der Waals surface area (Å²) < 4.78 is 4.95. The van der Waals surface area contributed by atoms with Crippen molar-refractivity contribution in [2.45, 2.75) is 41.5 Å². The van der Waals surface area contributed by atoms with E-state index in [9.17, 15) is 0 Å². The maximum Gasteiger partial charge on any atom is 0.118 e. The van der Waals surface area contributed by atoms with Crippen molar-refractivity contribution in [3.63, 3.8) is 0 Å². The van der Waals surface area contributed by atoms with Crippen LogP contribution in [0.15, 0.2) is 36.1 Å². The number of ether oxygens (including phenoxy) is 1. The Balaban J connectivity index is -0.000000266. The molecule has 0 saturated heterocycles. The zero-order chi connectivity index (χ0) is 12.0. The Morgan fingerprint density at radius 1 is 1.00 bits per heavy atom. The summed E-state index contributed by atoms with van der Waals surface area (Å²) in [6.45, 7) is 15.7. The van der Waals surface area contributed by atoms with E-state index in [0.717, 1.165) is 5.76 Å². The van der Waals surface area contributed by atoms with E-state index in [1.807, 2.05) is 53.7 Å². The molecule has 14 heavy (non-hydrogen) atoms. The van der Waals surface area contributed by atoms with Gasteiger partial charge >= 0.3 is 0 Å². The van der Waals surface area contributed by atoms with Crippen LogP contribution in [0.1, 0.15) is 41.5 Å². The quantitative estimate of drug-likeness (QED) is 0.471. The molecule has 0 aliphatic heterocycles. The maximum absolute atomic E-state index is 4.95. The molecule has 1 heteroatoms. The van der Waals surface area contributed by atoms with Crippen molar-refractivity contribution >= 4 is 0 Å². The lowest BCUT2D eigenvalue weighted by molar-refractivity contribution is 0.307. The van der Waals surface area contributed by atoms with Crippen molar-refractivity contribution in [1.29, 1.82) is 0 Å². The van der Waals surface area contributed by atoms with E-state index < -0.39 is 0 Å². The molecule has 0 amide bonds. The highest BCUT2D eigenvalue weighted by atomic mass is 16.5. The minimum Gasteiger partial charge on any atom is -0.497 e. The summed E-state index contributed by atoms with van der Waals surface area (Å²) in [6, 6.07) is 0. The number of rotatable bonds is 3. The first kappa shape index (κ1) is 18.7. The Labute approximate surface area is 90.2 Å². The Morgan fingerprint density at radius 2 is 1.43 bits per heavy atom. The summed E-state index contributed by atoms with van der Waals surface area (Å²) in [4.78, 5) is 0. The van der Waals surface area contributed by atoms with Gasteiger partial charge < -0.3 is 4.74 Å². The SMILES string of the molecule is C=C/C(=C\C=C(C)C)OC.CC.CC. The van der Waals surface area contributed by atoms with Crippen LogP contribution in [0.4, 0.5) is 0 Å². The molecule has 0 aromatic rings. The molecule has 0 heterocycles. The average molecular weight is 198 g/mol. The molecule has 0 aromatic carbocycles. The van der Waals surface area contributed by atoms with Crippen LogP contribution in [0.2, 0.25) is 0 Å². The van der Waals surface area contributed by atoms with Gasteiger partial charge in [0.2, 0.25) is 0 Å². The minimum absolute atomic E-state index is 0.793. The average Bonchev–Trinajstić information content (AvgIpc) is 2.25. The fourth-order valence-corrected chi connectivity index (χ4v) is 0.468. The molecular formula is C13H26O. The minimum atomic E-state index is 0.793. The van der Waals surface area contributed by atoms with Crippen LogP contribution in [-0.2, 0) is 4.74 Å². The van der Waals surface area contributed by atoms with Gasteiger partial charge in [-0.3, -0.25) is 0 Å². The van der Waals surface area contributed by atoms with Crippen LogP contribution in [0.25, 0.3) is 0 Å². The van der Waals surface area contributed by atoms with Gasteiger partial charge in [0.05, 0.1) is 7.11 Å². The van der Waals surface area contributed by atoms with E-state index >= 15 is 0 Å². The second-order valence-electron chi connectivity index (χ2n) is 2.22. The fraction of sp³-hybridized carbons (Fsp3) is 0.538. The third-order valence-corrected chi connectivity index (χ3v) is 1.02. The molecule has 0 fully saturated rings. The molecule has 0 N–H and O–H groups in total. The third-order valence-electron chi connectivity index (χ3n) is 1.02. The van der Waals surface area contributed by atoms with Crippen molar-refractivity contribution < 1.29 is 4.74 Å². The van der Waals surface area contributed by atoms with Crippen molar-refractivity contribution in [3.05, 3.63) is 36.1 Å². The number of hydrogen-bond donors (Lipinski definition) is 0. The molecule has 0 aliphatic rings. The van der Waals surface area contributed by atoms with Gasteiger partial charge in [0.15, 0.2) is 0 Å². The first-order chi connectivity index (χ1) is 6.70. The molecule has 0 radical (unpaired) electrons. The Kier molecular flexibility index (Phi) is 24.0. The fourth-order valence-electron chi connectivity index (χ4n) is 0.468. The van der Waals surface area contributed by atoms with Gasteiger partial charge in [0, 0.05) is 0 Å². The summed E-state index contributed by atoms with van der Waals surface area (Å²) in [6.07, 6.45) is 5.56. The van der Waals surface area contributed by atoms with Gasteiger partial charge in [-0.15, -0.1) is 0 Å². The second kappa shape index (κ2) is 17.9. The van der Waals surface area contributed by atoms with E-state index in [4.69, 9.17) is 4.74 Å². The van der Waals surface area contributed by atoms with Crippen molar-refractivity contribution in [2.24, 2.45) is 0 Å². The van der Waals surface area contributed by atoms with E-state index in [2.05, 4.69) is 6.58 Å². The van der Waals surface area contributed by atoms with Crippen LogP contribution in [0.5, 0.6) is 0 Å². The highest BCUT2D eigenvalue weighted by Crippen LogP contribution is 1.98. The van der Waals surface area contributed by atoms with E-state index in [0.29, 0.717) is 0 Å². The third kappa shape index (κ3) is 17.2. The Morgan fingerprint density at radius 3 is 1.64 bits per heavy atom. The number of methoxy groups -OCH3 is 1. The molecule has 0 atom stereocenters. The van der Waals surface area contributed by atoms with Gasteiger partial charge in [-0.2, -0.15) is 0 Å². The van der Waals surface area contributed by atoms with Crippen molar-refractivity contribution in [1.82, 2.24) is 0 Å². The van der Waals surface area contributed by atoms with E-state index in [1.54, 1.807) is 13.2 Å². The Hall–Kier alpha value is -0.980. The van der Waals surface area contributed by atoms with Gasteiger partial charge in [-0.1, -0.05) is 45.9 Å². The van der Waals surface area contributed by atoms with E-state index in [-0.39, 0.29) is 0 Å². The van der Waals surface area contributed by atoms with E-state index in [1.165, 1.54) is 5.57 Å². The zero-order valence-electron chi connectivity index (χ0n) is 10.8. The number of allylic oxidation sites excluding steroid dienone is 4. The van der Waals surface area contributed by atoms with Gasteiger partial charge in [0.25, 0.3) is 0 Å². The molecular weight excluding hydrogens is 172 g/mol. The monoisotopic (exact) mass is 198 g/mol. The van der Waals surface area contributed by atoms with Crippen molar-refractivity contribution in [2.75, 3.05) is 7.11 Å². The molecule has 1 nitrogen and oxygen atoms in total. The lowest BCUT2D eigenvalue weighted by Gasteiger charge is -1.95. The zero-order valence-corrected chi connectivity index (χ0v) is 10.8. The lowest BCUT2D eigenvalue weighted by Crippen LogP contribution is -1.78. The normalized spacial score (nSPS) is 8.36. The largest absolute Gasteiger partial charge is 0.497 e. The lowest BCUT2D eigenvalue weighted by atomic mass is 10.3. The molecule has 0 aromatic heterocycles. The maximum atomic E-state index is 4.95. The molecule has 0 spiro atoms. The summed E-state index contributed by atoms with van der Waals surface area (Å²) in [5, 5.41) is 0. The molecule has 0 rings (SSSR count). The Bertz CT molecular complexity index is 160. The van der Waals surface area contributed by atoms with Crippen LogP contribution < -0.4 is 0 Å². The highest BCUT2D eigenvalue weighted by molar-refractivity contribution is 5.18. The smallest absolute Gasteiger partial charge is 0.118 e. The first-order valence-electron chi connectivity index (χ1n) is 5.22. The predicted octanol–water partition coefficient (Wildman–Crippen LogP) is 4.72. The molecule has 0 aliphatic carbocycles. The topological polar surface area (TPSA) is 9.23 Å². The molecule has 0 saturated carbocycles. The summed E-state index contributed by atoms with van der Waals surface area (Å²) in [5.74, 6) is 0.793. The van der Waals surface area contributed by atoms with Gasteiger partial charge in [-0.05, 0) is 26.0 Å². The van der Waals surface area contributed by atoms with Gasteiger partial charge in [-0.25, -0.2) is 0 Å².